The molecule has 2 heterocycles. The zero-order chi connectivity index (χ0) is 21.3. The van der Waals surface area contributed by atoms with Crippen molar-refractivity contribution in [2.75, 3.05) is 6.54 Å². The number of benzene rings is 1. The van der Waals surface area contributed by atoms with Gasteiger partial charge in [0.1, 0.15) is 5.82 Å². The Hall–Kier alpha value is -3.16. The number of nitrogens with zero attached hydrogens (tertiary/aromatic N) is 4. The standard InChI is InChI=1S/C22H29FN6O/c1-4-17(5-2)20-12-18(30-28-20)14-27-22(25-6-3)26-13-16-7-8-21(19(23)11-16)29-10-9-24-15-29/h7-12,15,17H,4-6,13-14H2,1-3H3,(H2,25,26,27). The van der Waals surface area contributed by atoms with Crippen LogP contribution in [0.1, 0.15) is 56.5 Å². The molecule has 0 saturated heterocycles. The van der Waals surface area contributed by atoms with Crippen LogP contribution >= 0.6 is 0 Å². The lowest BCUT2D eigenvalue weighted by Gasteiger charge is -2.10. The van der Waals surface area contributed by atoms with Crippen molar-refractivity contribution in [3.63, 3.8) is 0 Å². The van der Waals surface area contributed by atoms with Crippen LogP contribution in [0.2, 0.25) is 0 Å². The first kappa shape index (κ1) is 21.5. The zero-order valence-electron chi connectivity index (χ0n) is 17.7. The quantitative estimate of drug-likeness (QED) is 0.407. The largest absolute Gasteiger partial charge is 0.359 e. The van der Waals surface area contributed by atoms with Crippen LogP contribution in [-0.4, -0.2) is 27.2 Å². The fourth-order valence-corrected chi connectivity index (χ4v) is 3.25. The molecule has 3 aromatic rings. The molecule has 0 radical (unpaired) electrons. The highest BCUT2D eigenvalue weighted by molar-refractivity contribution is 5.79. The van der Waals surface area contributed by atoms with Gasteiger partial charge in [-0.3, -0.25) is 0 Å². The topological polar surface area (TPSA) is 80.3 Å². The van der Waals surface area contributed by atoms with Gasteiger partial charge >= 0.3 is 0 Å². The lowest BCUT2D eigenvalue weighted by molar-refractivity contribution is 0.368. The van der Waals surface area contributed by atoms with E-state index in [4.69, 9.17) is 4.52 Å². The summed E-state index contributed by atoms with van der Waals surface area (Å²) in [4.78, 5) is 8.51. The minimum atomic E-state index is -0.311. The molecule has 3 rings (SSSR count). The van der Waals surface area contributed by atoms with E-state index in [1.165, 1.54) is 6.07 Å². The molecule has 0 atom stereocenters. The number of nitrogens with one attached hydrogen (secondary N) is 2. The van der Waals surface area contributed by atoms with Crippen LogP contribution in [0, 0.1) is 5.82 Å². The number of hydrogen-bond donors (Lipinski definition) is 2. The predicted octanol–water partition coefficient (Wildman–Crippen LogP) is 4.16. The SMILES string of the molecule is CCNC(=NCc1ccc(-n2ccnc2)c(F)c1)NCc1cc(C(CC)CC)no1. The van der Waals surface area contributed by atoms with E-state index in [2.05, 4.69) is 39.6 Å². The molecule has 0 aliphatic heterocycles. The second kappa shape index (κ2) is 10.6. The van der Waals surface area contributed by atoms with Crippen LogP contribution in [0.25, 0.3) is 5.69 Å². The van der Waals surface area contributed by atoms with Gasteiger partial charge in [0.05, 0.1) is 30.8 Å². The van der Waals surface area contributed by atoms with Crippen molar-refractivity contribution in [2.45, 2.75) is 52.6 Å². The van der Waals surface area contributed by atoms with Gasteiger partial charge in [-0.25, -0.2) is 14.4 Å². The maximum absolute atomic E-state index is 14.4. The highest BCUT2D eigenvalue weighted by atomic mass is 19.1. The Morgan fingerprint density at radius 3 is 2.70 bits per heavy atom. The summed E-state index contributed by atoms with van der Waals surface area (Å²) in [6.07, 6.45) is 6.98. The Kier molecular flexibility index (Phi) is 7.59. The average molecular weight is 413 g/mol. The fourth-order valence-electron chi connectivity index (χ4n) is 3.25. The Labute approximate surface area is 176 Å². The molecule has 0 bridgehead atoms. The van der Waals surface area contributed by atoms with Crippen molar-refractivity contribution in [1.29, 1.82) is 0 Å². The molecule has 0 saturated carbocycles. The van der Waals surface area contributed by atoms with Gasteiger partial charge in [-0.1, -0.05) is 25.1 Å². The first-order chi connectivity index (χ1) is 14.6. The van der Waals surface area contributed by atoms with Gasteiger partial charge < -0.3 is 19.7 Å². The Bertz CT molecular complexity index is 946. The summed E-state index contributed by atoms with van der Waals surface area (Å²) in [5.74, 6) is 1.51. The third-order valence-corrected chi connectivity index (χ3v) is 4.97. The molecule has 0 aliphatic rings. The summed E-state index contributed by atoms with van der Waals surface area (Å²) < 4.78 is 21.5. The van der Waals surface area contributed by atoms with E-state index >= 15 is 0 Å². The summed E-state index contributed by atoms with van der Waals surface area (Å²) >= 11 is 0. The molecule has 2 N–H and O–H groups in total. The lowest BCUT2D eigenvalue weighted by atomic mass is 9.99. The van der Waals surface area contributed by atoms with Crippen molar-refractivity contribution >= 4 is 5.96 Å². The van der Waals surface area contributed by atoms with Gasteiger partial charge in [0.2, 0.25) is 0 Å². The molecule has 0 fully saturated rings. The smallest absolute Gasteiger partial charge is 0.191 e. The number of halogens is 1. The van der Waals surface area contributed by atoms with Gasteiger partial charge in [-0.15, -0.1) is 0 Å². The van der Waals surface area contributed by atoms with Crippen molar-refractivity contribution < 1.29 is 8.91 Å². The maximum Gasteiger partial charge on any atom is 0.191 e. The van der Waals surface area contributed by atoms with Crippen molar-refractivity contribution in [3.05, 3.63) is 65.8 Å². The fraction of sp³-hybridized carbons (Fsp3) is 0.409. The van der Waals surface area contributed by atoms with Crippen LogP contribution < -0.4 is 10.6 Å². The molecule has 7 nitrogen and oxygen atoms in total. The van der Waals surface area contributed by atoms with Gasteiger partial charge in [0, 0.05) is 30.9 Å². The highest BCUT2D eigenvalue weighted by Gasteiger charge is 2.13. The molecule has 0 amide bonds. The summed E-state index contributed by atoms with van der Waals surface area (Å²) in [6, 6.07) is 7.10. The number of guanidine groups is 1. The van der Waals surface area contributed by atoms with Gasteiger partial charge in [0.15, 0.2) is 11.7 Å². The maximum atomic E-state index is 14.4. The van der Waals surface area contributed by atoms with E-state index in [1.807, 2.05) is 19.1 Å². The Morgan fingerprint density at radius 1 is 1.20 bits per heavy atom. The summed E-state index contributed by atoms with van der Waals surface area (Å²) in [7, 11) is 0. The van der Waals surface area contributed by atoms with Crippen molar-refractivity contribution in [2.24, 2.45) is 4.99 Å². The molecule has 2 aromatic heterocycles. The van der Waals surface area contributed by atoms with Crippen molar-refractivity contribution in [3.8, 4) is 5.69 Å². The number of aromatic nitrogens is 3. The Morgan fingerprint density at radius 2 is 2.03 bits per heavy atom. The molecule has 160 valence electrons. The van der Waals surface area contributed by atoms with E-state index in [9.17, 15) is 4.39 Å². The third-order valence-electron chi connectivity index (χ3n) is 4.97. The lowest BCUT2D eigenvalue weighted by Crippen LogP contribution is -2.36. The second-order valence-corrected chi connectivity index (χ2v) is 7.04. The number of aliphatic imine (C=N–C) groups is 1. The molecule has 8 heteroatoms. The molecular formula is C22H29FN6O. The molecule has 30 heavy (non-hydrogen) atoms. The first-order valence-electron chi connectivity index (χ1n) is 10.4. The van der Waals surface area contributed by atoms with E-state index in [1.54, 1.807) is 29.4 Å². The monoisotopic (exact) mass is 412 g/mol. The minimum Gasteiger partial charge on any atom is -0.359 e. The van der Waals surface area contributed by atoms with Gasteiger partial charge in [0.25, 0.3) is 0 Å². The highest BCUT2D eigenvalue weighted by Crippen LogP contribution is 2.22. The second-order valence-electron chi connectivity index (χ2n) is 7.04. The summed E-state index contributed by atoms with van der Waals surface area (Å²) in [6.45, 7) is 7.85. The third kappa shape index (κ3) is 5.46. The number of rotatable bonds is 9. The van der Waals surface area contributed by atoms with E-state index in [0.717, 1.165) is 36.4 Å². The minimum absolute atomic E-state index is 0.311. The van der Waals surface area contributed by atoms with E-state index in [-0.39, 0.29) is 5.82 Å². The molecular weight excluding hydrogens is 383 g/mol. The first-order valence-corrected chi connectivity index (χ1v) is 10.4. The van der Waals surface area contributed by atoms with Crippen molar-refractivity contribution in [1.82, 2.24) is 25.3 Å². The summed E-state index contributed by atoms with van der Waals surface area (Å²) in [5, 5.41) is 10.6. The summed E-state index contributed by atoms with van der Waals surface area (Å²) in [5.41, 5.74) is 2.24. The zero-order valence-corrected chi connectivity index (χ0v) is 17.7. The molecule has 0 aliphatic carbocycles. The normalized spacial score (nSPS) is 11.8. The van der Waals surface area contributed by atoms with E-state index in [0.29, 0.717) is 30.7 Å². The predicted molar refractivity (Wildman–Crippen MR) is 115 cm³/mol. The van der Waals surface area contributed by atoms with Gasteiger partial charge in [-0.2, -0.15) is 0 Å². The molecule has 1 aromatic carbocycles. The number of hydrogen-bond acceptors (Lipinski definition) is 4. The van der Waals surface area contributed by atoms with E-state index < -0.39 is 0 Å². The van der Waals surface area contributed by atoms with Crippen LogP contribution in [0.5, 0.6) is 0 Å². The molecule has 0 unspecified atom stereocenters. The van der Waals surface area contributed by atoms with Crippen LogP contribution in [0.3, 0.4) is 0 Å². The van der Waals surface area contributed by atoms with Crippen LogP contribution in [0.4, 0.5) is 4.39 Å². The van der Waals surface area contributed by atoms with Crippen LogP contribution in [0.15, 0.2) is 52.5 Å². The Balaban J connectivity index is 1.63. The van der Waals surface area contributed by atoms with Crippen LogP contribution in [-0.2, 0) is 13.1 Å². The van der Waals surface area contributed by atoms with Gasteiger partial charge in [-0.05, 0) is 37.5 Å². The molecule has 0 spiro atoms. The average Bonchev–Trinajstić information content (AvgIpc) is 3.44. The number of imidazole rings is 1.